The lowest BCUT2D eigenvalue weighted by molar-refractivity contribution is -0.147. The van der Waals surface area contributed by atoms with Crippen molar-refractivity contribution < 1.29 is 23.9 Å². The molecule has 206 valence electrons. The fraction of sp³-hybridized carbons (Fsp3) is 0.400. The number of benzene rings is 2. The van der Waals surface area contributed by atoms with Crippen molar-refractivity contribution in [3.05, 3.63) is 70.2 Å². The Morgan fingerprint density at radius 2 is 1.90 bits per heavy atom. The topological polar surface area (TPSA) is 97.8 Å². The van der Waals surface area contributed by atoms with Crippen LogP contribution >= 0.6 is 11.3 Å². The Morgan fingerprint density at radius 1 is 1.15 bits per heavy atom. The Morgan fingerprint density at radius 3 is 2.49 bits per heavy atom. The van der Waals surface area contributed by atoms with Gasteiger partial charge in [-0.25, -0.2) is 9.78 Å². The van der Waals surface area contributed by atoms with E-state index in [1.807, 2.05) is 19.9 Å². The van der Waals surface area contributed by atoms with Gasteiger partial charge >= 0.3 is 5.97 Å². The van der Waals surface area contributed by atoms with Crippen molar-refractivity contribution in [3.63, 3.8) is 0 Å². The number of hydrogen-bond donors (Lipinski definition) is 1. The smallest absolute Gasteiger partial charge is 0.332 e. The number of rotatable bonds is 7. The lowest BCUT2D eigenvalue weighted by atomic mass is 9.83. The predicted octanol–water partition coefficient (Wildman–Crippen LogP) is 5.86. The van der Waals surface area contributed by atoms with Gasteiger partial charge in [0.05, 0.1) is 14.2 Å². The standard InChI is InChI=1S/C30H35N3O5S/c1-18(2)16-30(27(36)38-7)17-21-20(25(34)32-28-31-13-14-39-28)9-8-10-23(21)33(30)26(35)19-11-12-22(29(3,4)5)24(15-19)37-6/h8-15,18H,16-17H2,1-7H3,(H,31,32,34). The van der Waals surface area contributed by atoms with E-state index in [4.69, 9.17) is 9.47 Å². The van der Waals surface area contributed by atoms with Gasteiger partial charge in [-0.3, -0.25) is 19.8 Å². The molecular weight excluding hydrogens is 514 g/mol. The average molecular weight is 550 g/mol. The van der Waals surface area contributed by atoms with Crippen LogP contribution in [0.3, 0.4) is 0 Å². The maximum Gasteiger partial charge on any atom is 0.332 e. The zero-order chi connectivity index (χ0) is 28.5. The van der Waals surface area contributed by atoms with Crippen molar-refractivity contribution >= 4 is 39.9 Å². The predicted molar refractivity (Wildman–Crippen MR) is 153 cm³/mol. The van der Waals surface area contributed by atoms with E-state index in [1.165, 1.54) is 23.3 Å². The molecule has 1 unspecified atom stereocenters. The second kappa shape index (κ2) is 10.8. The summed E-state index contributed by atoms with van der Waals surface area (Å²) >= 11 is 1.31. The van der Waals surface area contributed by atoms with Gasteiger partial charge in [0.15, 0.2) is 5.13 Å². The van der Waals surface area contributed by atoms with Gasteiger partial charge in [0, 0.05) is 34.8 Å². The van der Waals surface area contributed by atoms with Gasteiger partial charge in [-0.1, -0.05) is 46.8 Å². The summed E-state index contributed by atoms with van der Waals surface area (Å²) in [6.45, 7) is 10.2. The minimum atomic E-state index is -1.32. The van der Waals surface area contributed by atoms with Gasteiger partial charge in [-0.2, -0.15) is 0 Å². The van der Waals surface area contributed by atoms with Crippen LogP contribution < -0.4 is 15.0 Å². The molecule has 2 amide bonds. The third-order valence-electron chi connectivity index (χ3n) is 6.96. The molecule has 9 heteroatoms. The summed E-state index contributed by atoms with van der Waals surface area (Å²) in [7, 11) is 2.90. The summed E-state index contributed by atoms with van der Waals surface area (Å²) in [6.07, 6.45) is 2.11. The molecule has 0 bridgehead atoms. The molecule has 0 saturated carbocycles. The number of hydrogen-bond acceptors (Lipinski definition) is 7. The van der Waals surface area contributed by atoms with Crippen LogP contribution in [0.4, 0.5) is 10.8 Å². The number of nitrogens with one attached hydrogen (secondary N) is 1. The fourth-order valence-electron chi connectivity index (χ4n) is 5.39. The lowest BCUT2D eigenvalue weighted by Crippen LogP contribution is -2.57. The number of thiazole rings is 1. The first-order valence-corrected chi connectivity index (χ1v) is 13.7. The summed E-state index contributed by atoms with van der Waals surface area (Å²) < 4.78 is 11.0. The van der Waals surface area contributed by atoms with Crippen molar-refractivity contribution in [2.24, 2.45) is 5.92 Å². The number of ether oxygens (including phenoxy) is 2. The largest absolute Gasteiger partial charge is 0.496 e. The molecule has 0 fully saturated rings. The van der Waals surface area contributed by atoms with Crippen LogP contribution in [-0.2, 0) is 21.4 Å². The first-order valence-electron chi connectivity index (χ1n) is 12.9. The monoisotopic (exact) mass is 549 g/mol. The van der Waals surface area contributed by atoms with Crippen LogP contribution in [-0.4, -0.2) is 42.5 Å². The molecule has 1 aromatic heterocycles. The Bertz CT molecular complexity index is 1390. The van der Waals surface area contributed by atoms with E-state index in [-0.39, 0.29) is 29.6 Å². The number of fused-ring (bicyclic) bond motifs is 1. The molecule has 0 saturated heterocycles. The Labute approximate surface area is 233 Å². The molecule has 0 aliphatic carbocycles. The second-order valence-electron chi connectivity index (χ2n) is 11.2. The molecule has 8 nitrogen and oxygen atoms in total. The Kier molecular flexibility index (Phi) is 7.84. The molecule has 2 aromatic carbocycles. The number of carbonyl (C=O) groups excluding carboxylic acids is 3. The highest BCUT2D eigenvalue weighted by Gasteiger charge is 2.54. The normalized spacial score (nSPS) is 16.7. The fourth-order valence-corrected chi connectivity index (χ4v) is 5.91. The maximum atomic E-state index is 14.3. The molecule has 0 spiro atoms. The maximum absolute atomic E-state index is 14.3. The first kappa shape index (κ1) is 28.3. The number of esters is 1. The highest BCUT2D eigenvalue weighted by atomic mass is 32.1. The number of amides is 2. The number of aromatic nitrogens is 1. The number of anilines is 2. The quantitative estimate of drug-likeness (QED) is 0.371. The van der Waals surface area contributed by atoms with Crippen LogP contribution in [0.5, 0.6) is 5.75 Å². The third-order valence-corrected chi connectivity index (χ3v) is 7.65. The van der Waals surface area contributed by atoms with Gasteiger partial charge in [0.2, 0.25) is 0 Å². The number of carbonyl (C=O) groups is 3. The van der Waals surface area contributed by atoms with Crippen LogP contribution in [0, 0.1) is 5.92 Å². The summed E-state index contributed by atoms with van der Waals surface area (Å²) in [5, 5.41) is 5.06. The molecule has 1 aliphatic rings. The molecule has 1 N–H and O–H groups in total. The highest BCUT2D eigenvalue weighted by Crippen LogP contribution is 2.46. The summed E-state index contributed by atoms with van der Waals surface area (Å²) in [4.78, 5) is 46.9. The van der Waals surface area contributed by atoms with E-state index in [1.54, 1.807) is 49.0 Å². The van der Waals surface area contributed by atoms with E-state index in [0.717, 1.165) is 5.56 Å². The molecule has 1 atom stereocenters. The Hall–Kier alpha value is -3.72. The van der Waals surface area contributed by atoms with Crippen LogP contribution in [0.25, 0.3) is 0 Å². The highest BCUT2D eigenvalue weighted by molar-refractivity contribution is 7.13. The van der Waals surface area contributed by atoms with E-state index in [9.17, 15) is 14.4 Å². The minimum absolute atomic E-state index is 0.0547. The zero-order valence-corrected chi connectivity index (χ0v) is 24.3. The van der Waals surface area contributed by atoms with Crippen LogP contribution in [0.15, 0.2) is 48.0 Å². The molecule has 3 aromatic rings. The second-order valence-corrected chi connectivity index (χ2v) is 12.1. The molecule has 4 rings (SSSR count). The van der Waals surface area contributed by atoms with E-state index in [0.29, 0.717) is 39.7 Å². The van der Waals surface area contributed by atoms with Crippen LogP contribution in [0.2, 0.25) is 0 Å². The number of methoxy groups -OCH3 is 2. The molecule has 2 heterocycles. The van der Waals surface area contributed by atoms with Crippen LogP contribution in [0.1, 0.15) is 72.9 Å². The number of nitrogens with zero attached hydrogens (tertiary/aromatic N) is 2. The van der Waals surface area contributed by atoms with Crippen molar-refractivity contribution in [1.29, 1.82) is 0 Å². The molecule has 1 aliphatic heterocycles. The van der Waals surface area contributed by atoms with Gasteiger partial charge in [-0.05, 0) is 53.1 Å². The SMILES string of the molecule is COC(=O)C1(CC(C)C)Cc2c(C(=O)Nc3nccs3)cccc2N1C(=O)c1ccc(C(C)(C)C)c(OC)c1. The van der Waals surface area contributed by atoms with E-state index < -0.39 is 11.5 Å². The zero-order valence-electron chi connectivity index (χ0n) is 23.5. The van der Waals surface area contributed by atoms with E-state index in [2.05, 4.69) is 31.1 Å². The summed E-state index contributed by atoms with van der Waals surface area (Å²) in [6, 6.07) is 10.6. The van der Waals surface area contributed by atoms with Gasteiger partial charge in [0.25, 0.3) is 11.8 Å². The van der Waals surface area contributed by atoms with Gasteiger partial charge < -0.3 is 9.47 Å². The Balaban J connectivity index is 1.88. The van der Waals surface area contributed by atoms with Crippen molar-refractivity contribution in [3.8, 4) is 5.75 Å². The first-order chi connectivity index (χ1) is 18.4. The lowest BCUT2D eigenvalue weighted by Gasteiger charge is -2.37. The molecule has 0 radical (unpaired) electrons. The molecular formula is C30H35N3O5S. The van der Waals surface area contributed by atoms with Crippen molar-refractivity contribution in [2.75, 3.05) is 24.4 Å². The third kappa shape index (κ3) is 5.28. The molecule has 39 heavy (non-hydrogen) atoms. The van der Waals surface area contributed by atoms with E-state index >= 15 is 0 Å². The summed E-state index contributed by atoms with van der Waals surface area (Å²) in [5.41, 5.74) is 1.33. The van der Waals surface area contributed by atoms with Crippen molar-refractivity contribution in [1.82, 2.24) is 4.98 Å². The average Bonchev–Trinajstić information content (AvgIpc) is 3.52. The van der Waals surface area contributed by atoms with Crippen molar-refractivity contribution in [2.45, 2.75) is 58.4 Å². The minimum Gasteiger partial charge on any atom is -0.496 e. The summed E-state index contributed by atoms with van der Waals surface area (Å²) in [5.74, 6) is -0.590. The van der Waals surface area contributed by atoms with Gasteiger partial charge in [-0.15, -0.1) is 11.3 Å². The van der Waals surface area contributed by atoms with Gasteiger partial charge in [0.1, 0.15) is 11.3 Å².